The molecule has 2 aromatic carbocycles. The number of carbonyl (C=O) groups is 1. The average molecular weight is 410 g/mol. The summed E-state index contributed by atoms with van der Waals surface area (Å²) in [7, 11) is 0. The summed E-state index contributed by atoms with van der Waals surface area (Å²) >= 11 is 1.16. The molecule has 0 aliphatic heterocycles. The first kappa shape index (κ1) is 20.3. The third-order valence-electron chi connectivity index (χ3n) is 3.82. The van der Waals surface area contributed by atoms with E-state index in [-0.39, 0.29) is 10.8 Å². The standard InChI is InChI=1S/C20H18N4O4S/c1-11-8-14(10-16(25)9-11)17(19(29-3)23-20(26)27)22-15-6-4-13(5-7-15)18-21-12(2)28-24-18/h4-10,25H,1-3H3,(H,26,27). The zero-order valence-electron chi connectivity index (χ0n) is 15.9. The van der Waals surface area contributed by atoms with Gasteiger partial charge in [0.2, 0.25) is 11.7 Å². The molecule has 9 heteroatoms. The summed E-state index contributed by atoms with van der Waals surface area (Å²) in [5.74, 6) is 1.00. The predicted molar refractivity (Wildman–Crippen MR) is 112 cm³/mol. The molecule has 0 unspecified atom stereocenters. The quantitative estimate of drug-likeness (QED) is 0.475. The van der Waals surface area contributed by atoms with Crippen molar-refractivity contribution in [1.82, 2.24) is 10.1 Å². The number of benzene rings is 2. The third kappa shape index (κ3) is 5.08. The lowest BCUT2D eigenvalue weighted by molar-refractivity contribution is 0.206. The van der Waals surface area contributed by atoms with Crippen LogP contribution < -0.4 is 0 Å². The normalized spacial score (nSPS) is 12.2. The molecule has 148 valence electrons. The lowest BCUT2D eigenvalue weighted by atomic mass is 10.1. The highest BCUT2D eigenvalue weighted by molar-refractivity contribution is 8.15. The zero-order valence-corrected chi connectivity index (χ0v) is 16.8. The van der Waals surface area contributed by atoms with E-state index < -0.39 is 6.09 Å². The minimum absolute atomic E-state index is 0.0614. The van der Waals surface area contributed by atoms with Gasteiger partial charge >= 0.3 is 6.09 Å². The number of aromatic nitrogens is 2. The number of amides is 1. The molecule has 2 N–H and O–H groups in total. The summed E-state index contributed by atoms with van der Waals surface area (Å²) in [5, 5.41) is 23.2. The van der Waals surface area contributed by atoms with E-state index in [4.69, 9.17) is 9.63 Å². The number of phenolic OH excluding ortho intramolecular Hbond substituents is 1. The van der Waals surface area contributed by atoms with Crippen molar-refractivity contribution < 1.29 is 19.5 Å². The fourth-order valence-corrected chi connectivity index (χ4v) is 3.17. The zero-order chi connectivity index (χ0) is 21.0. The van der Waals surface area contributed by atoms with Crippen LogP contribution in [0.3, 0.4) is 0 Å². The molecule has 0 aliphatic carbocycles. The fraction of sp³-hybridized carbons (Fsp3) is 0.150. The van der Waals surface area contributed by atoms with Gasteiger partial charge in [-0.25, -0.2) is 9.79 Å². The minimum atomic E-state index is -1.32. The molecule has 3 aromatic rings. The number of aliphatic imine (C=N–C) groups is 2. The number of rotatable bonds is 4. The second kappa shape index (κ2) is 8.70. The van der Waals surface area contributed by atoms with E-state index in [1.165, 1.54) is 6.07 Å². The van der Waals surface area contributed by atoms with Crippen molar-refractivity contribution in [3.63, 3.8) is 0 Å². The summed E-state index contributed by atoms with van der Waals surface area (Å²) in [6.07, 6.45) is 0.399. The predicted octanol–water partition coefficient (Wildman–Crippen LogP) is 4.62. The maximum Gasteiger partial charge on any atom is 0.432 e. The Labute approximate surface area is 171 Å². The summed E-state index contributed by atoms with van der Waals surface area (Å²) in [5.41, 5.74) is 3.07. The van der Waals surface area contributed by atoms with E-state index in [0.29, 0.717) is 28.7 Å². The number of carboxylic acid groups (broad SMARTS) is 1. The topological polar surface area (TPSA) is 121 Å². The van der Waals surface area contributed by atoms with Gasteiger partial charge in [0.1, 0.15) is 16.5 Å². The molecule has 0 saturated carbocycles. The molecule has 8 nitrogen and oxygen atoms in total. The van der Waals surface area contributed by atoms with Gasteiger partial charge in [0.05, 0.1) is 5.69 Å². The number of hydrogen-bond donors (Lipinski definition) is 2. The summed E-state index contributed by atoms with van der Waals surface area (Å²) in [4.78, 5) is 23.6. The molecule has 1 aromatic heterocycles. The maximum absolute atomic E-state index is 11.2. The second-order valence-electron chi connectivity index (χ2n) is 6.11. The number of aromatic hydroxyl groups is 1. The first-order chi connectivity index (χ1) is 13.9. The van der Waals surface area contributed by atoms with Crippen LogP contribution in [0.4, 0.5) is 10.5 Å². The number of thioether (sulfide) groups is 1. The fourth-order valence-electron chi connectivity index (χ4n) is 2.65. The maximum atomic E-state index is 11.2. The van der Waals surface area contributed by atoms with Crippen LogP contribution in [0.1, 0.15) is 17.0 Å². The molecular formula is C20H18N4O4S. The molecule has 0 atom stereocenters. The van der Waals surface area contributed by atoms with E-state index in [2.05, 4.69) is 20.1 Å². The van der Waals surface area contributed by atoms with Crippen LogP contribution in [0.15, 0.2) is 57.0 Å². The summed E-state index contributed by atoms with van der Waals surface area (Å²) < 4.78 is 4.99. The Balaban J connectivity index is 2.07. The second-order valence-corrected chi connectivity index (χ2v) is 6.90. The molecule has 0 radical (unpaired) electrons. The Morgan fingerprint density at radius 3 is 2.41 bits per heavy atom. The molecule has 0 bridgehead atoms. The van der Waals surface area contributed by atoms with E-state index in [1.807, 2.05) is 13.0 Å². The minimum Gasteiger partial charge on any atom is -0.508 e. The van der Waals surface area contributed by atoms with Crippen molar-refractivity contribution in [2.45, 2.75) is 13.8 Å². The van der Waals surface area contributed by atoms with Gasteiger partial charge in [-0.05, 0) is 61.2 Å². The Hall–Kier alpha value is -3.46. The van der Waals surface area contributed by atoms with Crippen LogP contribution in [0.25, 0.3) is 11.4 Å². The van der Waals surface area contributed by atoms with Gasteiger partial charge < -0.3 is 14.7 Å². The van der Waals surface area contributed by atoms with Crippen LogP contribution >= 0.6 is 11.8 Å². The SMILES string of the molecule is CSC(=NC(=O)O)C(=Nc1ccc(-c2noc(C)n2)cc1)c1cc(C)cc(O)c1. The van der Waals surface area contributed by atoms with Gasteiger partial charge in [-0.3, -0.25) is 0 Å². The van der Waals surface area contributed by atoms with Crippen molar-refractivity contribution in [3.05, 3.63) is 59.5 Å². The molecular weight excluding hydrogens is 392 g/mol. The van der Waals surface area contributed by atoms with Gasteiger partial charge in [-0.1, -0.05) is 5.16 Å². The van der Waals surface area contributed by atoms with E-state index in [0.717, 1.165) is 22.9 Å². The highest BCUT2D eigenvalue weighted by Gasteiger charge is 2.15. The smallest absolute Gasteiger partial charge is 0.432 e. The summed E-state index contributed by atoms with van der Waals surface area (Å²) in [6, 6.07) is 12.0. The Morgan fingerprint density at radius 2 is 1.86 bits per heavy atom. The van der Waals surface area contributed by atoms with Crippen molar-refractivity contribution in [2.75, 3.05) is 6.26 Å². The van der Waals surface area contributed by atoms with Gasteiger partial charge in [0.25, 0.3) is 0 Å². The van der Waals surface area contributed by atoms with E-state index >= 15 is 0 Å². The lowest BCUT2D eigenvalue weighted by Gasteiger charge is -2.10. The molecule has 0 aliphatic rings. The molecule has 0 spiro atoms. The Morgan fingerprint density at radius 1 is 1.14 bits per heavy atom. The van der Waals surface area contributed by atoms with Crippen molar-refractivity contribution >= 4 is 34.3 Å². The Kier molecular flexibility index (Phi) is 6.08. The van der Waals surface area contributed by atoms with Crippen LogP contribution in [0.5, 0.6) is 5.75 Å². The lowest BCUT2D eigenvalue weighted by Crippen LogP contribution is -2.14. The molecule has 3 rings (SSSR count). The third-order valence-corrected chi connectivity index (χ3v) is 4.49. The molecule has 1 amide bonds. The van der Waals surface area contributed by atoms with Gasteiger partial charge in [-0.2, -0.15) is 9.98 Å². The molecule has 0 fully saturated rings. The van der Waals surface area contributed by atoms with Crippen LogP contribution in [-0.2, 0) is 0 Å². The highest BCUT2D eigenvalue weighted by Crippen LogP contribution is 2.24. The number of hydrogen-bond acceptors (Lipinski definition) is 7. The van der Waals surface area contributed by atoms with Crippen molar-refractivity contribution in [1.29, 1.82) is 0 Å². The first-order valence-corrected chi connectivity index (χ1v) is 9.74. The van der Waals surface area contributed by atoms with Gasteiger partial charge in [0.15, 0.2) is 0 Å². The number of nitrogens with zero attached hydrogens (tertiary/aromatic N) is 4. The average Bonchev–Trinajstić information content (AvgIpc) is 3.10. The first-order valence-electron chi connectivity index (χ1n) is 8.52. The van der Waals surface area contributed by atoms with Crippen LogP contribution in [0, 0.1) is 13.8 Å². The number of aryl methyl sites for hydroxylation is 2. The largest absolute Gasteiger partial charge is 0.508 e. The molecule has 0 saturated heterocycles. The Bertz CT molecular complexity index is 1080. The molecule has 1 heterocycles. The van der Waals surface area contributed by atoms with Crippen LogP contribution in [0.2, 0.25) is 0 Å². The van der Waals surface area contributed by atoms with E-state index in [9.17, 15) is 9.90 Å². The number of phenols is 1. The van der Waals surface area contributed by atoms with Crippen LogP contribution in [-0.4, -0.2) is 43.5 Å². The van der Waals surface area contributed by atoms with Gasteiger partial charge in [-0.15, -0.1) is 11.8 Å². The highest BCUT2D eigenvalue weighted by atomic mass is 32.2. The van der Waals surface area contributed by atoms with E-state index in [1.54, 1.807) is 43.5 Å². The molecule has 29 heavy (non-hydrogen) atoms. The van der Waals surface area contributed by atoms with Crippen molar-refractivity contribution in [3.8, 4) is 17.1 Å². The van der Waals surface area contributed by atoms with Crippen molar-refractivity contribution in [2.24, 2.45) is 9.98 Å². The van der Waals surface area contributed by atoms with Gasteiger partial charge in [0, 0.05) is 18.1 Å². The summed E-state index contributed by atoms with van der Waals surface area (Å²) in [6.45, 7) is 3.54. The monoisotopic (exact) mass is 410 g/mol.